The molecule has 0 aliphatic heterocycles. The lowest BCUT2D eigenvalue weighted by Crippen LogP contribution is -1.98. The highest BCUT2D eigenvalue weighted by molar-refractivity contribution is 6.06. The van der Waals surface area contributed by atoms with E-state index in [1.807, 2.05) is 43.4 Å². The van der Waals surface area contributed by atoms with Crippen LogP contribution in [0.15, 0.2) is 42.5 Å². The molecule has 4 rings (SSSR count). The van der Waals surface area contributed by atoms with Crippen LogP contribution in [-0.2, 0) is 13.5 Å². The van der Waals surface area contributed by atoms with Crippen molar-refractivity contribution in [3.05, 3.63) is 48.3 Å². The second kappa shape index (κ2) is 6.22. The minimum Gasteiger partial charge on any atom is -0.455 e. The Morgan fingerprint density at radius 2 is 1.88 bits per heavy atom. The van der Waals surface area contributed by atoms with E-state index in [9.17, 15) is 0 Å². The van der Waals surface area contributed by atoms with E-state index in [-0.39, 0.29) is 0 Å². The van der Waals surface area contributed by atoms with Crippen molar-refractivity contribution in [2.45, 2.75) is 19.8 Å². The summed E-state index contributed by atoms with van der Waals surface area (Å²) >= 11 is 0. The van der Waals surface area contributed by atoms with E-state index in [2.05, 4.69) is 21.5 Å². The molecule has 6 heteroatoms. The van der Waals surface area contributed by atoms with Gasteiger partial charge in [0, 0.05) is 24.9 Å². The highest BCUT2D eigenvalue weighted by Gasteiger charge is 2.15. The highest BCUT2D eigenvalue weighted by atomic mass is 16.5. The van der Waals surface area contributed by atoms with Crippen molar-refractivity contribution in [3.8, 4) is 11.5 Å². The molecule has 0 radical (unpaired) electrons. The van der Waals surface area contributed by atoms with Gasteiger partial charge in [-0.25, -0.2) is 9.97 Å². The molecule has 2 heterocycles. The Balaban J connectivity index is 1.85. The van der Waals surface area contributed by atoms with Gasteiger partial charge in [0.15, 0.2) is 5.82 Å². The number of aromatic nitrogens is 3. The number of para-hydroxylation sites is 2. The lowest BCUT2D eigenvalue weighted by molar-refractivity contribution is 0.486. The third-order valence-corrected chi connectivity index (χ3v) is 4.52. The molecule has 0 aliphatic rings. The number of rotatable bonds is 4. The number of imidazole rings is 1. The van der Waals surface area contributed by atoms with Gasteiger partial charge in [0.25, 0.3) is 0 Å². The van der Waals surface area contributed by atoms with Crippen LogP contribution in [-0.4, -0.2) is 14.5 Å². The molecule has 0 atom stereocenters. The maximum Gasteiger partial charge on any atom is 0.152 e. The molecule has 0 fully saturated rings. The summed E-state index contributed by atoms with van der Waals surface area (Å²) in [4.78, 5) is 9.21. The first-order valence-corrected chi connectivity index (χ1v) is 8.65. The van der Waals surface area contributed by atoms with Gasteiger partial charge in [-0.2, -0.15) is 0 Å². The molecule has 0 saturated heterocycles. The number of pyridine rings is 1. The zero-order valence-corrected chi connectivity index (χ0v) is 14.9. The van der Waals surface area contributed by atoms with E-state index in [0.29, 0.717) is 23.0 Å². The zero-order valence-electron chi connectivity index (χ0n) is 14.9. The lowest BCUT2D eigenvalue weighted by atomic mass is 10.1. The predicted octanol–water partition coefficient (Wildman–Crippen LogP) is 4.03. The Kier molecular flexibility index (Phi) is 3.88. The van der Waals surface area contributed by atoms with Crippen molar-refractivity contribution < 1.29 is 4.74 Å². The topological polar surface area (TPSA) is 92.0 Å². The minimum absolute atomic E-state index is 0.432. The number of hydrogen-bond acceptors (Lipinski definition) is 5. The van der Waals surface area contributed by atoms with Gasteiger partial charge in [0.2, 0.25) is 0 Å². The average Bonchev–Trinajstić information content (AvgIpc) is 2.95. The molecule has 4 aromatic rings. The van der Waals surface area contributed by atoms with Gasteiger partial charge in [-0.15, -0.1) is 0 Å². The summed E-state index contributed by atoms with van der Waals surface area (Å²) < 4.78 is 8.02. The van der Waals surface area contributed by atoms with Gasteiger partial charge in [0.1, 0.15) is 22.8 Å². The van der Waals surface area contributed by atoms with E-state index < -0.39 is 0 Å². The highest BCUT2D eigenvalue weighted by Crippen LogP contribution is 2.33. The molecule has 0 spiro atoms. The van der Waals surface area contributed by atoms with Crippen molar-refractivity contribution in [1.82, 2.24) is 14.5 Å². The molecule has 2 aromatic heterocycles. The molecule has 26 heavy (non-hydrogen) atoms. The number of nitrogens with two attached hydrogens (primary N) is 2. The van der Waals surface area contributed by atoms with Crippen molar-refractivity contribution in [3.63, 3.8) is 0 Å². The van der Waals surface area contributed by atoms with Gasteiger partial charge in [-0.05, 0) is 30.7 Å². The van der Waals surface area contributed by atoms with E-state index in [4.69, 9.17) is 16.2 Å². The van der Waals surface area contributed by atoms with Crippen molar-refractivity contribution in [1.29, 1.82) is 0 Å². The maximum absolute atomic E-state index is 6.18. The molecule has 0 unspecified atom stereocenters. The van der Waals surface area contributed by atoms with Crippen LogP contribution in [0.2, 0.25) is 0 Å². The Morgan fingerprint density at radius 3 is 2.65 bits per heavy atom. The molecule has 6 nitrogen and oxygen atoms in total. The van der Waals surface area contributed by atoms with Gasteiger partial charge in [-0.3, -0.25) is 0 Å². The summed E-state index contributed by atoms with van der Waals surface area (Å²) in [6.07, 6.45) is 1.93. The first-order chi connectivity index (χ1) is 12.6. The van der Waals surface area contributed by atoms with Crippen LogP contribution in [0.5, 0.6) is 11.5 Å². The zero-order chi connectivity index (χ0) is 18.3. The molecule has 0 aliphatic carbocycles. The van der Waals surface area contributed by atoms with Crippen molar-refractivity contribution in [2.24, 2.45) is 7.05 Å². The third-order valence-electron chi connectivity index (χ3n) is 4.52. The molecule has 0 amide bonds. The fourth-order valence-corrected chi connectivity index (χ4v) is 3.23. The molecule has 2 aromatic carbocycles. The van der Waals surface area contributed by atoms with Crippen LogP contribution in [0, 0.1) is 0 Å². The number of nitrogen functional groups attached to an aromatic ring is 2. The van der Waals surface area contributed by atoms with Crippen molar-refractivity contribution >= 4 is 33.4 Å². The standard InChI is InChI=1S/C20H21N5O/c1-3-6-17-24-18-19(25(17)2)13-10-9-12(11-15(13)23-20(18)22)26-16-8-5-4-7-14(16)21/h4-5,7-11H,3,6,21H2,1-2H3,(H2,22,23). The van der Waals surface area contributed by atoms with Crippen LogP contribution in [0.4, 0.5) is 11.5 Å². The summed E-state index contributed by atoms with van der Waals surface area (Å²) in [7, 11) is 2.02. The number of anilines is 2. The molecular formula is C20H21N5O. The van der Waals surface area contributed by atoms with Gasteiger partial charge >= 0.3 is 0 Å². The first kappa shape index (κ1) is 16.2. The normalized spacial score (nSPS) is 11.3. The number of ether oxygens (including phenoxy) is 1. The number of hydrogen-bond donors (Lipinski definition) is 2. The largest absolute Gasteiger partial charge is 0.455 e. The van der Waals surface area contributed by atoms with Gasteiger partial charge in [-0.1, -0.05) is 19.1 Å². The second-order valence-electron chi connectivity index (χ2n) is 6.35. The smallest absolute Gasteiger partial charge is 0.152 e. The fourth-order valence-electron chi connectivity index (χ4n) is 3.23. The van der Waals surface area contributed by atoms with E-state index in [1.54, 1.807) is 6.07 Å². The summed E-state index contributed by atoms with van der Waals surface area (Å²) in [5, 5.41) is 1.000. The Bertz CT molecular complexity index is 1120. The predicted molar refractivity (Wildman–Crippen MR) is 105 cm³/mol. The van der Waals surface area contributed by atoms with Crippen LogP contribution < -0.4 is 16.2 Å². The summed E-state index contributed by atoms with van der Waals surface area (Å²) in [6.45, 7) is 2.14. The minimum atomic E-state index is 0.432. The van der Waals surface area contributed by atoms with Crippen LogP contribution in [0.25, 0.3) is 21.9 Å². The number of nitrogens with zero attached hydrogens (tertiary/aromatic N) is 3. The van der Waals surface area contributed by atoms with Crippen LogP contribution >= 0.6 is 0 Å². The number of benzene rings is 2. The van der Waals surface area contributed by atoms with Crippen LogP contribution in [0.1, 0.15) is 19.2 Å². The lowest BCUT2D eigenvalue weighted by Gasteiger charge is -2.10. The van der Waals surface area contributed by atoms with Crippen LogP contribution in [0.3, 0.4) is 0 Å². The molecular weight excluding hydrogens is 326 g/mol. The molecule has 4 N–H and O–H groups in total. The molecule has 132 valence electrons. The Morgan fingerprint density at radius 1 is 1.08 bits per heavy atom. The SMILES string of the molecule is CCCc1nc2c(N)nc3cc(Oc4ccccc4N)ccc3c2n1C. The quantitative estimate of drug-likeness (QED) is 0.544. The maximum atomic E-state index is 6.18. The Hall–Kier alpha value is -3.28. The van der Waals surface area contributed by atoms with E-state index in [0.717, 1.165) is 40.6 Å². The molecule has 0 saturated carbocycles. The summed E-state index contributed by atoms with van der Waals surface area (Å²) in [5.74, 6) is 2.73. The summed E-state index contributed by atoms with van der Waals surface area (Å²) in [6, 6.07) is 13.2. The number of fused-ring (bicyclic) bond motifs is 3. The Labute approximate surface area is 151 Å². The third kappa shape index (κ3) is 2.60. The number of aryl methyl sites for hydroxylation is 2. The second-order valence-corrected chi connectivity index (χ2v) is 6.35. The van der Waals surface area contributed by atoms with E-state index in [1.165, 1.54) is 0 Å². The summed E-state index contributed by atoms with van der Waals surface area (Å²) in [5.41, 5.74) is 15.3. The fraction of sp³-hybridized carbons (Fsp3) is 0.200. The first-order valence-electron chi connectivity index (χ1n) is 8.65. The monoisotopic (exact) mass is 347 g/mol. The molecule has 0 bridgehead atoms. The van der Waals surface area contributed by atoms with Crippen molar-refractivity contribution in [2.75, 3.05) is 11.5 Å². The average molecular weight is 347 g/mol. The van der Waals surface area contributed by atoms with Gasteiger partial charge < -0.3 is 20.8 Å². The van der Waals surface area contributed by atoms with Gasteiger partial charge in [0.05, 0.1) is 16.7 Å². The van der Waals surface area contributed by atoms with E-state index >= 15 is 0 Å².